The summed E-state index contributed by atoms with van der Waals surface area (Å²) in [6, 6.07) is 0. The van der Waals surface area contributed by atoms with Crippen molar-refractivity contribution in [2.75, 3.05) is 13.1 Å². The molecule has 6 atom stereocenters. The Balaban J connectivity index is 1.41. The molecule has 19 heavy (non-hydrogen) atoms. The Morgan fingerprint density at radius 3 is 2.37 bits per heavy atom. The Morgan fingerprint density at radius 1 is 0.947 bits per heavy atom. The lowest BCUT2D eigenvalue weighted by molar-refractivity contribution is -0.140. The van der Waals surface area contributed by atoms with Gasteiger partial charge in [0.15, 0.2) is 0 Å². The minimum Gasteiger partial charge on any atom is -0.481 e. The number of rotatable bonds is 2. The summed E-state index contributed by atoms with van der Waals surface area (Å²) in [5.74, 6) is 1.83. The maximum Gasteiger partial charge on any atom is 0.307 e. The molecule has 1 heterocycles. The molecule has 0 aromatic heterocycles. The molecule has 0 bridgehead atoms. The first kappa shape index (κ1) is 11.7. The molecule has 1 aliphatic heterocycles. The first-order valence-corrected chi connectivity index (χ1v) is 7.68. The van der Waals surface area contributed by atoms with Crippen molar-refractivity contribution in [1.29, 1.82) is 0 Å². The van der Waals surface area contributed by atoms with Crippen LogP contribution in [-0.2, 0) is 9.59 Å². The average Bonchev–Trinajstić information content (AvgIpc) is 3.01. The molecular weight excluding hydrogens is 242 g/mol. The number of likely N-dealkylation sites (tertiary alicyclic amines) is 1. The summed E-state index contributed by atoms with van der Waals surface area (Å²) in [5.41, 5.74) is 0. The molecule has 104 valence electrons. The van der Waals surface area contributed by atoms with Crippen LogP contribution < -0.4 is 0 Å². The Hall–Kier alpha value is -1.06. The van der Waals surface area contributed by atoms with E-state index in [1.807, 2.05) is 4.90 Å². The third-order valence-electron chi connectivity index (χ3n) is 6.25. The van der Waals surface area contributed by atoms with Crippen LogP contribution in [-0.4, -0.2) is 35.0 Å². The molecule has 4 heteroatoms. The summed E-state index contributed by atoms with van der Waals surface area (Å²) in [6.07, 6.45) is 5.76. The molecule has 4 nitrogen and oxygen atoms in total. The van der Waals surface area contributed by atoms with Gasteiger partial charge in [0.25, 0.3) is 0 Å². The highest BCUT2D eigenvalue weighted by molar-refractivity contribution is 5.81. The van der Waals surface area contributed by atoms with E-state index < -0.39 is 5.97 Å². The number of carbonyl (C=O) groups excluding carboxylic acids is 1. The zero-order valence-electron chi connectivity index (χ0n) is 11.1. The van der Waals surface area contributed by atoms with Crippen molar-refractivity contribution in [3.63, 3.8) is 0 Å². The van der Waals surface area contributed by atoms with E-state index in [1.165, 1.54) is 19.3 Å². The number of hydrogen-bond acceptors (Lipinski definition) is 2. The van der Waals surface area contributed by atoms with Gasteiger partial charge in [-0.2, -0.15) is 0 Å². The highest BCUT2D eigenvalue weighted by Gasteiger charge is 2.58. The van der Waals surface area contributed by atoms with E-state index >= 15 is 0 Å². The van der Waals surface area contributed by atoms with Gasteiger partial charge in [0.2, 0.25) is 5.91 Å². The molecule has 1 saturated heterocycles. The van der Waals surface area contributed by atoms with Gasteiger partial charge >= 0.3 is 5.97 Å². The molecule has 1 N–H and O–H groups in total. The van der Waals surface area contributed by atoms with E-state index in [2.05, 4.69) is 0 Å². The fourth-order valence-electron chi connectivity index (χ4n) is 4.94. The summed E-state index contributed by atoms with van der Waals surface area (Å²) >= 11 is 0. The van der Waals surface area contributed by atoms with Crippen molar-refractivity contribution >= 4 is 11.9 Å². The number of carboxylic acid groups (broad SMARTS) is 1. The van der Waals surface area contributed by atoms with Crippen LogP contribution in [0.2, 0.25) is 0 Å². The highest BCUT2D eigenvalue weighted by Crippen LogP contribution is 2.54. The molecule has 0 radical (unpaired) electrons. The second-order valence-electron chi connectivity index (χ2n) is 6.95. The monoisotopic (exact) mass is 263 g/mol. The van der Waals surface area contributed by atoms with Crippen LogP contribution in [0.5, 0.6) is 0 Å². The van der Waals surface area contributed by atoms with Gasteiger partial charge in [0.1, 0.15) is 0 Å². The predicted molar refractivity (Wildman–Crippen MR) is 68.2 cm³/mol. The first-order chi connectivity index (χ1) is 9.16. The quantitative estimate of drug-likeness (QED) is 0.823. The van der Waals surface area contributed by atoms with E-state index in [0.717, 1.165) is 25.3 Å². The first-order valence-electron chi connectivity index (χ1n) is 7.68. The Labute approximate surface area is 113 Å². The molecule has 4 fully saturated rings. The van der Waals surface area contributed by atoms with Crippen molar-refractivity contribution in [2.45, 2.75) is 32.1 Å². The number of amides is 1. The molecule has 1 amide bonds. The van der Waals surface area contributed by atoms with Crippen LogP contribution in [0.15, 0.2) is 0 Å². The normalized spacial score (nSPS) is 47.1. The second-order valence-corrected chi connectivity index (χ2v) is 6.95. The molecular formula is C15H21NO3. The SMILES string of the molecule is O=C(O)[C@@H]1[C@@H]2CCN(C(=O)C3CC[C@@H]4CC[C@H]34)C[C@@H]21. The third kappa shape index (κ3) is 1.65. The maximum absolute atomic E-state index is 12.6. The van der Waals surface area contributed by atoms with Gasteiger partial charge in [-0.3, -0.25) is 9.59 Å². The zero-order chi connectivity index (χ0) is 13.1. The predicted octanol–water partition coefficient (Wildman–Crippen LogP) is 1.60. The number of carboxylic acids is 1. The van der Waals surface area contributed by atoms with Crippen molar-refractivity contribution in [2.24, 2.45) is 35.5 Å². The van der Waals surface area contributed by atoms with Crippen molar-refractivity contribution < 1.29 is 14.7 Å². The summed E-state index contributed by atoms with van der Waals surface area (Å²) in [6.45, 7) is 1.49. The number of aliphatic carboxylic acids is 1. The molecule has 0 spiro atoms. The van der Waals surface area contributed by atoms with Gasteiger partial charge in [-0.25, -0.2) is 0 Å². The second kappa shape index (κ2) is 3.97. The molecule has 4 aliphatic rings. The lowest BCUT2D eigenvalue weighted by Crippen LogP contribution is -2.43. The van der Waals surface area contributed by atoms with E-state index in [-0.39, 0.29) is 17.8 Å². The molecule has 3 aliphatic carbocycles. The van der Waals surface area contributed by atoms with Crippen molar-refractivity contribution in [1.82, 2.24) is 4.90 Å². The fourth-order valence-corrected chi connectivity index (χ4v) is 4.94. The largest absolute Gasteiger partial charge is 0.481 e. The minimum absolute atomic E-state index is 0.169. The zero-order valence-corrected chi connectivity index (χ0v) is 11.1. The van der Waals surface area contributed by atoms with E-state index in [4.69, 9.17) is 5.11 Å². The van der Waals surface area contributed by atoms with Crippen LogP contribution >= 0.6 is 0 Å². The number of fused-ring (bicyclic) bond motifs is 2. The number of hydrogen-bond donors (Lipinski definition) is 1. The van der Waals surface area contributed by atoms with Gasteiger partial charge in [0.05, 0.1) is 5.92 Å². The van der Waals surface area contributed by atoms with Gasteiger partial charge in [-0.15, -0.1) is 0 Å². The Bertz CT molecular complexity index is 435. The number of nitrogens with zero attached hydrogens (tertiary/aromatic N) is 1. The topological polar surface area (TPSA) is 57.6 Å². The maximum atomic E-state index is 12.6. The minimum atomic E-state index is -0.663. The Kier molecular flexibility index (Phi) is 2.45. The smallest absolute Gasteiger partial charge is 0.307 e. The molecule has 0 aromatic rings. The molecule has 4 rings (SSSR count). The van der Waals surface area contributed by atoms with Crippen LogP contribution in [0, 0.1) is 35.5 Å². The van der Waals surface area contributed by atoms with E-state index in [1.54, 1.807) is 0 Å². The summed E-state index contributed by atoms with van der Waals surface area (Å²) in [7, 11) is 0. The van der Waals surface area contributed by atoms with Crippen molar-refractivity contribution in [3.05, 3.63) is 0 Å². The number of piperidine rings is 1. The molecule has 0 aromatic carbocycles. The van der Waals surface area contributed by atoms with Crippen LogP contribution in [0.1, 0.15) is 32.1 Å². The highest BCUT2D eigenvalue weighted by atomic mass is 16.4. The summed E-state index contributed by atoms with van der Waals surface area (Å²) < 4.78 is 0. The lowest BCUT2D eigenvalue weighted by atomic mass is 9.72. The van der Waals surface area contributed by atoms with Gasteiger partial charge in [-0.1, -0.05) is 0 Å². The van der Waals surface area contributed by atoms with E-state index in [9.17, 15) is 9.59 Å². The van der Waals surface area contributed by atoms with Gasteiger partial charge in [-0.05, 0) is 55.8 Å². The Morgan fingerprint density at radius 2 is 1.74 bits per heavy atom. The summed E-state index contributed by atoms with van der Waals surface area (Å²) in [5, 5.41) is 9.10. The van der Waals surface area contributed by atoms with Gasteiger partial charge in [0, 0.05) is 19.0 Å². The van der Waals surface area contributed by atoms with Crippen LogP contribution in [0.3, 0.4) is 0 Å². The van der Waals surface area contributed by atoms with Crippen LogP contribution in [0.4, 0.5) is 0 Å². The fraction of sp³-hybridized carbons (Fsp3) is 0.867. The summed E-state index contributed by atoms with van der Waals surface area (Å²) in [4.78, 5) is 25.7. The van der Waals surface area contributed by atoms with Gasteiger partial charge < -0.3 is 10.0 Å². The lowest BCUT2D eigenvalue weighted by Gasteiger charge is -2.36. The third-order valence-corrected chi connectivity index (χ3v) is 6.25. The average molecular weight is 263 g/mol. The standard InChI is InChI=1S/C15H21NO3/c17-14(11-4-2-8-1-3-9(8)11)16-6-5-10-12(7-16)13(10)15(18)19/h8-13H,1-7H2,(H,18,19)/t8-,9-,10+,11?,12-,13+/m0/s1. The molecule has 3 saturated carbocycles. The van der Waals surface area contributed by atoms with Crippen molar-refractivity contribution in [3.8, 4) is 0 Å². The van der Waals surface area contributed by atoms with E-state index in [0.29, 0.717) is 24.3 Å². The molecule has 1 unspecified atom stereocenters. The number of carbonyl (C=O) groups is 2. The van der Waals surface area contributed by atoms with Crippen LogP contribution in [0.25, 0.3) is 0 Å².